The van der Waals surface area contributed by atoms with Crippen LogP contribution >= 0.6 is 0 Å². The van der Waals surface area contributed by atoms with Crippen molar-refractivity contribution in [2.75, 3.05) is 26.2 Å². The monoisotopic (exact) mass is 657 g/mol. The fourth-order valence-corrected chi connectivity index (χ4v) is 7.10. The van der Waals surface area contributed by atoms with Crippen LogP contribution in [0.25, 0.3) is 0 Å². The van der Waals surface area contributed by atoms with Gasteiger partial charge in [-0.25, -0.2) is 39.1 Å². The van der Waals surface area contributed by atoms with Crippen molar-refractivity contribution >= 4 is 26.0 Å². The second kappa shape index (κ2) is 11.5. The lowest BCUT2D eigenvalue weighted by molar-refractivity contribution is -0.167. The summed E-state index contributed by atoms with van der Waals surface area (Å²) in [4.78, 5) is 13.6. The number of nitrogens with one attached hydrogen (secondary N) is 1. The Hall–Kier alpha value is -3.02. The number of rotatable bonds is 10. The van der Waals surface area contributed by atoms with Gasteiger partial charge < -0.3 is 4.90 Å². The minimum Gasteiger partial charge on any atom is -0.330 e. The highest BCUT2D eigenvalue weighted by Gasteiger charge is 2.50. The van der Waals surface area contributed by atoms with Gasteiger partial charge in [0.15, 0.2) is 0 Å². The highest BCUT2D eigenvalue weighted by molar-refractivity contribution is 7.92. The van der Waals surface area contributed by atoms with Crippen LogP contribution in [0.2, 0.25) is 0 Å². The number of halogens is 7. The molecule has 0 bridgehead atoms. The Morgan fingerprint density at radius 2 is 1.53 bits per heavy atom. The number of amides is 1. The third kappa shape index (κ3) is 7.56. The summed E-state index contributed by atoms with van der Waals surface area (Å²) < 4.78 is 147. The maximum absolute atomic E-state index is 14.3. The van der Waals surface area contributed by atoms with Gasteiger partial charge in [-0.15, -0.1) is 0 Å². The molecule has 8 nitrogen and oxygen atoms in total. The van der Waals surface area contributed by atoms with Crippen LogP contribution in [0, 0.1) is 0 Å². The largest absolute Gasteiger partial charge is 0.416 e. The molecule has 1 amide bonds. The summed E-state index contributed by atoms with van der Waals surface area (Å²) in [5, 5.41) is 0.543. The zero-order valence-corrected chi connectivity index (χ0v) is 23.8. The summed E-state index contributed by atoms with van der Waals surface area (Å²) in [6, 6.07) is 6.91. The van der Waals surface area contributed by atoms with Crippen molar-refractivity contribution in [2.45, 2.75) is 47.7 Å². The van der Waals surface area contributed by atoms with Crippen molar-refractivity contribution in [1.29, 1.82) is 0 Å². The minimum atomic E-state index is -4.61. The lowest BCUT2D eigenvalue weighted by Gasteiger charge is -2.40. The number of nitrogens with zero attached hydrogens (tertiary/aromatic N) is 2. The highest BCUT2D eigenvalue weighted by atomic mass is 32.2. The molecule has 0 spiro atoms. The molecule has 2 aromatic rings. The molecule has 2 atom stereocenters. The molecule has 2 aromatic carbocycles. The van der Waals surface area contributed by atoms with Crippen molar-refractivity contribution in [3.8, 4) is 0 Å². The average molecular weight is 658 g/mol. The molecule has 2 aliphatic heterocycles. The van der Waals surface area contributed by atoms with E-state index in [2.05, 4.69) is 6.58 Å². The van der Waals surface area contributed by atoms with Gasteiger partial charge in [0.05, 0.1) is 36.0 Å². The van der Waals surface area contributed by atoms with Gasteiger partial charge in [0, 0.05) is 24.4 Å². The second-order valence-electron chi connectivity index (χ2n) is 10.4. The van der Waals surface area contributed by atoms with Crippen molar-refractivity contribution in [3.63, 3.8) is 0 Å². The van der Waals surface area contributed by atoms with E-state index in [-0.39, 0.29) is 17.5 Å². The molecule has 2 unspecified atom stereocenters. The van der Waals surface area contributed by atoms with E-state index in [0.717, 1.165) is 41.3 Å². The molecule has 2 saturated heterocycles. The lowest BCUT2D eigenvalue weighted by Crippen LogP contribution is -2.59. The van der Waals surface area contributed by atoms with E-state index in [9.17, 15) is 52.4 Å². The number of carbonyl (C=O) groups excluding carboxylic acids is 1. The van der Waals surface area contributed by atoms with E-state index < -0.39 is 99.0 Å². The second-order valence-corrected chi connectivity index (χ2v) is 14.0. The molecule has 17 heteroatoms. The first-order valence-corrected chi connectivity index (χ1v) is 15.7. The maximum Gasteiger partial charge on any atom is 0.416 e. The van der Waals surface area contributed by atoms with Gasteiger partial charge in [-0.2, -0.15) is 17.5 Å². The van der Waals surface area contributed by atoms with Crippen molar-refractivity contribution in [2.24, 2.45) is 0 Å². The molecular formula is C26H26F7N3O5S2. The molecule has 1 N–H and O–H groups in total. The quantitative estimate of drug-likeness (QED) is 0.390. The number of carbonyl (C=O) groups is 1. The first kappa shape index (κ1) is 32.9. The maximum atomic E-state index is 14.3. The summed E-state index contributed by atoms with van der Waals surface area (Å²) >= 11 is 0. The Balaban J connectivity index is 1.60. The van der Waals surface area contributed by atoms with Crippen molar-refractivity contribution in [1.82, 2.24) is 13.9 Å². The molecular weight excluding hydrogens is 631 g/mol. The fraction of sp³-hybridized carbons (Fsp3) is 0.423. The third-order valence-electron chi connectivity index (χ3n) is 7.13. The lowest BCUT2D eigenvalue weighted by atomic mass is 9.89. The first-order chi connectivity index (χ1) is 19.7. The number of hydrogen-bond donors (Lipinski definition) is 1. The summed E-state index contributed by atoms with van der Waals surface area (Å²) in [6.45, 7) is -0.495. The fourth-order valence-electron chi connectivity index (χ4n) is 4.90. The van der Waals surface area contributed by atoms with Gasteiger partial charge in [-0.3, -0.25) is 4.79 Å². The van der Waals surface area contributed by atoms with Gasteiger partial charge in [0.1, 0.15) is 0 Å². The zero-order chi connectivity index (χ0) is 32.0. The first-order valence-electron chi connectivity index (χ1n) is 12.7. The normalized spacial score (nSPS) is 21.3. The Labute approximate surface area is 243 Å². The van der Waals surface area contributed by atoms with Crippen LogP contribution in [-0.2, 0) is 37.4 Å². The SMILES string of the molecule is C=CS(=O)(=O)NCC1CC(F)(F)CN1S(=O)(=O)c1ccc(C(Cc2ccc(C(F)(F)F)cc2)C(=O)N2CC(F)(F)C2)cc1. The average Bonchev–Trinajstić information content (AvgIpc) is 3.24. The molecule has 4 rings (SSSR count). The Bertz CT molecular complexity index is 1570. The van der Waals surface area contributed by atoms with E-state index in [0.29, 0.717) is 9.71 Å². The molecule has 43 heavy (non-hydrogen) atoms. The predicted molar refractivity (Wildman–Crippen MR) is 140 cm³/mol. The number of likely N-dealkylation sites (tertiary alicyclic amines) is 1. The number of alkyl halides is 7. The summed E-state index contributed by atoms with van der Waals surface area (Å²) in [6.07, 6.45) is -5.75. The Morgan fingerprint density at radius 3 is 2.05 bits per heavy atom. The minimum absolute atomic E-state index is 0.154. The van der Waals surface area contributed by atoms with Crippen LogP contribution in [0.4, 0.5) is 30.7 Å². The van der Waals surface area contributed by atoms with Crippen LogP contribution in [0.15, 0.2) is 65.4 Å². The summed E-state index contributed by atoms with van der Waals surface area (Å²) in [5.74, 6) is -8.48. The van der Waals surface area contributed by atoms with Crippen LogP contribution in [0.1, 0.15) is 29.0 Å². The van der Waals surface area contributed by atoms with E-state index in [1.165, 1.54) is 12.1 Å². The van der Waals surface area contributed by atoms with Crippen molar-refractivity contribution in [3.05, 3.63) is 77.2 Å². The van der Waals surface area contributed by atoms with Gasteiger partial charge in [0.2, 0.25) is 26.0 Å². The molecule has 0 aromatic heterocycles. The molecule has 2 aliphatic rings. The van der Waals surface area contributed by atoms with Gasteiger partial charge >= 0.3 is 6.18 Å². The van der Waals surface area contributed by atoms with E-state index in [4.69, 9.17) is 0 Å². The standard InChI is InChI=1S/C26H26F7N3O5S2/c1-2-42(38,39)34-13-20-12-24(27,28)16-36(20)43(40,41)21-9-5-18(6-10-21)22(23(37)35-14-25(29,30)15-35)11-17-3-7-19(8-4-17)26(31,32)33/h2-10,20,22,34H,1,11-16H2. The van der Waals surface area contributed by atoms with Crippen LogP contribution in [0.3, 0.4) is 0 Å². The molecule has 236 valence electrons. The summed E-state index contributed by atoms with van der Waals surface area (Å²) in [5.41, 5.74) is -0.500. The third-order valence-corrected chi connectivity index (χ3v) is 10.1. The smallest absolute Gasteiger partial charge is 0.330 e. The van der Waals surface area contributed by atoms with E-state index >= 15 is 0 Å². The number of benzene rings is 2. The topological polar surface area (TPSA) is 104 Å². The van der Waals surface area contributed by atoms with Gasteiger partial charge in [0.25, 0.3) is 11.8 Å². The zero-order valence-electron chi connectivity index (χ0n) is 22.2. The predicted octanol–water partition coefficient (Wildman–Crippen LogP) is 3.97. The highest BCUT2D eigenvalue weighted by Crippen LogP contribution is 2.37. The van der Waals surface area contributed by atoms with E-state index in [1.54, 1.807) is 0 Å². The van der Waals surface area contributed by atoms with Crippen LogP contribution < -0.4 is 4.72 Å². The molecule has 0 radical (unpaired) electrons. The van der Waals surface area contributed by atoms with Crippen LogP contribution in [0.5, 0.6) is 0 Å². The molecule has 0 saturated carbocycles. The number of hydrogen-bond acceptors (Lipinski definition) is 5. The molecule has 0 aliphatic carbocycles. The van der Waals surface area contributed by atoms with E-state index in [1.807, 2.05) is 4.72 Å². The Morgan fingerprint density at radius 1 is 0.953 bits per heavy atom. The van der Waals surface area contributed by atoms with Gasteiger partial charge in [-0.05, 0) is 41.8 Å². The number of sulfonamides is 2. The van der Waals surface area contributed by atoms with Gasteiger partial charge in [-0.1, -0.05) is 30.8 Å². The van der Waals surface area contributed by atoms with Crippen molar-refractivity contribution < 1.29 is 52.4 Å². The Kier molecular flexibility index (Phi) is 8.78. The molecule has 2 heterocycles. The van der Waals surface area contributed by atoms with Crippen LogP contribution in [-0.4, -0.2) is 76.0 Å². The molecule has 2 fully saturated rings. The summed E-state index contributed by atoms with van der Waals surface area (Å²) in [7, 11) is -8.65.